The minimum atomic E-state index is -4.42. The SMILES string of the molecule is O=C(Cc1ccc(C(F)(F)F)cc1)Nc1ccc(Oc2ncnc3c2ccn3-c2ccccc2F)cc1. The van der Waals surface area contributed by atoms with E-state index in [2.05, 4.69) is 15.3 Å². The van der Waals surface area contributed by atoms with Crippen molar-refractivity contribution in [2.45, 2.75) is 12.6 Å². The molecule has 0 fully saturated rings. The van der Waals surface area contributed by atoms with Crippen LogP contribution in [0.4, 0.5) is 23.2 Å². The van der Waals surface area contributed by atoms with Gasteiger partial charge in [-0.2, -0.15) is 13.2 Å². The summed E-state index contributed by atoms with van der Waals surface area (Å²) in [5.74, 6) is -0.0454. The lowest BCUT2D eigenvalue weighted by Gasteiger charge is -2.10. The zero-order chi connectivity index (χ0) is 26.0. The largest absolute Gasteiger partial charge is 0.438 e. The van der Waals surface area contributed by atoms with E-state index < -0.39 is 17.6 Å². The van der Waals surface area contributed by atoms with E-state index in [1.807, 2.05) is 0 Å². The molecule has 0 unspecified atom stereocenters. The third-order valence-corrected chi connectivity index (χ3v) is 5.56. The molecule has 1 N–H and O–H groups in total. The highest BCUT2D eigenvalue weighted by molar-refractivity contribution is 5.92. The van der Waals surface area contributed by atoms with Crippen molar-refractivity contribution in [2.24, 2.45) is 0 Å². The Morgan fingerprint density at radius 1 is 0.919 bits per heavy atom. The Morgan fingerprint density at radius 2 is 1.65 bits per heavy atom. The van der Waals surface area contributed by atoms with Crippen LogP contribution in [0.25, 0.3) is 16.7 Å². The number of anilines is 1. The lowest BCUT2D eigenvalue weighted by Crippen LogP contribution is -2.14. The van der Waals surface area contributed by atoms with Crippen molar-refractivity contribution in [3.05, 3.63) is 108 Å². The number of para-hydroxylation sites is 1. The van der Waals surface area contributed by atoms with Crippen LogP contribution >= 0.6 is 0 Å². The number of carbonyl (C=O) groups is 1. The maximum absolute atomic E-state index is 14.3. The second kappa shape index (κ2) is 9.73. The van der Waals surface area contributed by atoms with E-state index in [9.17, 15) is 22.4 Å². The minimum Gasteiger partial charge on any atom is -0.438 e. The topological polar surface area (TPSA) is 69.0 Å². The minimum absolute atomic E-state index is 0.0751. The number of halogens is 4. The van der Waals surface area contributed by atoms with Crippen molar-refractivity contribution < 1.29 is 27.1 Å². The summed E-state index contributed by atoms with van der Waals surface area (Å²) in [7, 11) is 0. The third-order valence-electron chi connectivity index (χ3n) is 5.56. The number of hydrogen-bond acceptors (Lipinski definition) is 4. The van der Waals surface area contributed by atoms with Gasteiger partial charge in [0.15, 0.2) is 5.65 Å². The highest BCUT2D eigenvalue weighted by Crippen LogP contribution is 2.31. The Hall–Kier alpha value is -4.73. The highest BCUT2D eigenvalue weighted by atomic mass is 19.4. The van der Waals surface area contributed by atoms with Crippen molar-refractivity contribution in [1.82, 2.24) is 14.5 Å². The van der Waals surface area contributed by atoms with Gasteiger partial charge in [-0.15, -0.1) is 0 Å². The Kier molecular flexibility index (Phi) is 6.31. The van der Waals surface area contributed by atoms with Crippen LogP contribution in [0.3, 0.4) is 0 Å². The van der Waals surface area contributed by atoms with E-state index in [0.717, 1.165) is 12.1 Å². The van der Waals surface area contributed by atoms with Crippen LogP contribution in [0.5, 0.6) is 11.6 Å². The molecule has 0 saturated carbocycles. The van der Waals surface area contributed by atoms with Crippen molar-refractivity contribution in [1.29, 1.82) is 0 Å². The summed E-state index contributed by atoms with van der Waals surface area (Å²) < 4.78 is 59.9. The fourth-order valence-electron chi connectivity index (χ4n) is 3.77. The standard InChI is InChI=1S/C27H18F4N4O2/c28-22-3-1-2-4-23(22)35-14-13-21-25(35)32-16-33-26(21)37-20-11-9-19(10-12-20)34-24(36)15-17-5-7-18(8-6-17)27(29,30)31/h1-14,16H,15H2,(H,34,36). The van der Waals surface area contributed by atoms with Gasteiger partial charge < -0.3 is 10.1 Å². The molecular formula is C27H18F4N4O2. The summed E-state index contributed by atoms with van der Waals surface area (Å²) in [4.78, 5) is 20.8. The van der Waals surface area contributed by atoms with Crippen LogP contribution in [-0.2, 0) is 17.4 Å². The molecule has 3 aromatic carbocycles. The first-order valence-electron chi connectivity index (χ1n) is 11.1. The Labute approximate surface area is 208 Å². The fourth-order valence-corrected chi connectivity index (χ4v) is 3.77. The molecule has 0 aliphatic carbocycles. The molecule has 0 bridgehead atoms. The summed E-state index contributed by atoms with van der Waals surface area (Å²) in [6, 6.07) is 19.0. The summed E-state index contributed by atoms with van der Waals surface area (Å²) in [5.41, 5.74) is 1.00. The van der Waals surface area contributed by atoms with Crippen LogP contribution in [-0.4, -0.2) is 20.4 Å². The Balaban J connectivity index is 1.26. The molecule has 2 aromatic heterocycles. The average molecular weight is 506 g/mol. The van der Waals surface area contributed by atoms with Crippen LogP contribution < -0.4 is 10.1 Å². The van der Waals surface area contributed by atoms with Gasteiger partial charge in [-0.05, 0) is 60.2 Å². The molecule has 0 atom stereocenters. The molecule has 0 radical (unpaired) electrons. The molecule has 0 aliphatic heterocycles. The maximum Gasteiger partial charge on any atom is 0.416 e. The molecule has 0 saturated heterocycles. The van der Waals surface area contributed by atoms with Gasteiger partial charge in [-0.25, -0.2) is 14.4 Å². The summed E-state index contributed by atoms with van der Waals surface area (Å²) in [6.45, 7) is 0. The molecule has 37 heavy (non-hydrogen) atoms. The van der Waals surface area contributed by atoms with E-state index in [0.29, 0.717) is 33.7 Å². The van der Waals surface area contributed by atoms with Crippen LogP contribution in [0.2, 0.25) is 0 Å². The van der Waals surface area contributed by atoms with Gasteiger partial charge in [-0.1, -0.05) is 24.3 Å². The van der Waals surface area contributed by atoms with Crippen molar-refractivity contribution in [3.63, 3.8) is 0 Å². The molecule has 1 amide bonds. The Bertz CT molecular complexity index is 1560. The van der Waals surface area contributed by atoms with Crippen LogP contribution in [0, 0.1) is 5.82 Å². The number of hydrogen-bond donors (Lipinski definition) is 1. The summed E-state index contributed by atoms with van der Waals surface area (Å²) in [6.07, 6.45) is -1.50. The average Bonchev–Trinajstić information content (AvgIpc) is 3.30. The quantitative estimate of drug-likeness (QED) is 0.265. The number of nitrogens with zero attached hydrogens (tertiary/aromatic N) is 3. The van der Waals surface area contributed by atoms with Crippen LogP contribution in [0.15, 0.2) is 91.4 Å². The number of nitrogens with one attached hydrogen (secondary N) is 1. The molecule has 186 valence electrons. The third kappa shape index (κ3) is 5.27. The number of fused-ring (bicyclic) bond motifs is 1. The van der Waals surface area contributed by atoms with Crippen molar-refractivity contribution in [2.75, 3.05) is 5.32 Å². The molecule has 2 heterocycles. The monoisotopic (exact) mass is 506 g/mol. The number of carbonyl (C=O) groups excluding carboxylic acids is 1. The molecule has 0 aliphatic rings. The predicted octanol–water partition coefficient (Wildman–Crippen LogP) is 6.55. The number of ether oxygens (including phenoxy) is 1. The normalized spacial score (nSPS) is 11.5. The van der Waals surface area contributed by atoms with E-state index >= 15 is 0 Å². The van der Waals surface area contributed by atoms with Gasteiger partial charge in [0.1, 0.15) is 17.9 Å². The van der Waals surface area contributed by atoms with Crippen molar-refractivity contribution in [3.8, 4) is 17.3 Å². The van der Waals surface area contributed by atoms with Crippen molar-refractivity contribution >= 4 is 22.6 Å². The van der Waals surface area contributed by atoms with E-state index in [1.54, 1.807) is 59.3 Å². The molecular weight excluding hydrogens is 488 g/mol. The number of benzene rings is 3. The molecule has 0 spiro atoms. The van der Waals surface area contributed by atoms with Gasteiger partial charge in [0.05, 0.1) is 23.1 Å². The van der Waals surface area contributed by atoms with Crippen LogP contribution in [0.1, 0.15) is 11.1 Å². The van der Waals surface area contributed by atoms with E-state index in [1.165, 1.54) is 24.5 Å². The van der Waals surface area contributed by atoms with Gasteiger partial charge in [-0.3, -0.25) is 9.36 Å². The number of aromatic nitrogens is 3. The lowest BCUT2D eigenvalue weighted by molar-refractivity contribution is -0.137. The maximum atomic E-state index is 14.3. The zero-order valence-electron chi connectivity index (χ0n) is 19.0. The second-order valence-corrected chi connectivity index (χ2v) is 8.10. The number of alkyl halides is 3. The summed E-state index contributed by atoms with van der Waals surface area (Å²) >= 11 is 0. The molecule has 5 rings (SSSR count). The van der Waals surface area contributed by atoms with Gasteiger partial charge >= 0.3 is 6.18 Å². The first-order chi connectivity index (χ1) is 17.8. The number of rotatable bonds is 6. The van der Waals surface area contributed by atoms with E-state index in [-0.39, 0.29) is 18.2 Å². The Morgan fingerprint density at radius 3 is 2.35 bits per heavy atom. The molecule has 5 aromatic rings. The molecule has 6 nitrogen and oxygen atoms in total. The lowest BCUT2D eigenvalue weighted by atomic mass is 10.1. The van der Waals surface area contributed by atoms with Gasteiger partial charge in [0.2, 0.25) is 11.8 Å². The molecule has 10 heteroatoms. The fraction of sp³-hybridized carbons (Fsp3) is 0.0741. The van der Waals surface area contributed by atoms with Gasteiger partial charge in [0.25, 0.3) is 0 Å². The number of amides is 1. The predicted molar refractivity (Wildman–Crippen MR) is 129 cm³/mol. The van der Waals surface area contributed by atoms with E-state index in [4.69, 9.17) is 4.74 Å². The van der Waals surface area contributed by atoms with Gasteiger partial charge in [0, 0.05) is 11.9 Å². The smallest absolute Gasteiger partial charge is 0.416 e. The highest BCUT2D eigenvalue weighted by Gasteiger charge is 2.30. The first-order valence-corrected chi connectivity index (χ1v) is 11.1. The summed E-state index contributed by atoms with van der Waals surface area (Å²) in [5, 5.41) is 3.28. The second-order valence-electron chi connectivity index (χ2n) is 8.10. The first kappa shape index (κ1) is 24.0. The zero-order valence-corrected chi connectivity index (χ0v) is 19.0.